The van der Waals surface area contributed by atoms with Gasteiger partial charge < -0.3 is 5.32 Å². The van der Waals surface area contributed by atoms with E-state index in [2.05, 4.69) is 23.9 Å². The van der Waals surface area contributed by atoms with Crippen LogP contribution in [0.3, 0.4) is 0 Å². The number of hydrogen-bond donors (Lipinski definition) is 2. The third-order valence-electron chi connectivity index (χ3n) is 4.83. The van der Waals surface area contributed by atoms with Gasteiger partial charge in [-0.05, 0) is 56.5 Å². The van der Waals surface area contributed by atoms with E-state index in [0.29, 0.717) is 11.7 Å². The Kier molecular flexibility index (Phi) is 4.90. The van der Waals surface area contributed by atoms with E-state index < -0.39 is 10.0 Å². The monoisotopic (exact) mass is 288 g/mol. The van der Waals surface area contributed by atoms with Gasteiger partial charge >= 0.3 is 0 Å². The standard InChI is InChI=1S/C14H28N2O2S/c1-14(2)8-3-4-13(14)16-19(17,18)11-7-12-5-9-15-10-6-12/h12-13,15-16H,3-11H2,1-2H3. The number of rotatable bonds is 5. The van der Waals surface area contributed by atoms with Gasteiger partial charge in [-0.3, -0.25) is 0 Å². The Morgan fingerprint density at radius 1 is 1.21 bits per heavy atom. The normalized spacial score (nSPS) is 28.6. The second-order valence-corrected chi connectivity index (χ2v) is 8.73. The molecule has 0 radical (unpaired) electrons. The average Bonchev–Trinajstić information content (AvgIpc) is 2.67. The lowest BCUT2D eigenvalue weighted by molar-refractivity contribution is 0.312. The molecule has 1 saturated carbocycles. The van der Waals surface area contributed by atoms with Gasteiger partial charge in [-0.15, -0.1) is 0 Å². The van der Waals surface area contributed by atoms with E-state index in [1.807, 2.05) is 0 Å². The predicted molar refractivity (Wildman–Crippen MR) is 78.6 cm³/mol. The SMILES string of the molecule is CC1(C)CCCC1NS(=O)(=O)CCC1CCNCC1. The molecule has 0 amide bonds. The molecule has 1 aliphatic carbocycles. The predicted octanol–water partition coefficient (Wildman–Crippen LogP) is 1.87. The van der Waals surface area contributed by atoms with Crippen LogP contribution in [0.2, 0.25) is 0 Å². The van der Waals surface area contributed by atoms with Crippen LogP contribution in [-0.4, -0.2) is 33.3 Å². The molecule has 1 unspecified atom stereocenters. The highest BCUT2D eigenvalue weighted by Crippen LogP contribution is 2.37. The highest BCUT2D eigenvalue weighted by atomic mass is 32.2. The zero-order chi connectivity index (χ0) is 13.9. The minimum absolute atomic E-state index is 0.113. The van der Waals surface area contributed by atoms with E-state index >= 15 is 0 Å². The van der Waals surface area contributed by atoms with Gasteiger partial charge in [0.25, 0.3) is 0 Å². The van der Waals surface area contributed by atoms with Gasteiger partial charge in [0.1, 0.15) is 0 Å². The van der Waals surface area contributed by atoms with Crippen LogP contribution in [0, 0.1) is 11.3 Å². The summed E-state index contributed by atoms with van der Waals surface area (Å²) < 4.78 is 27.3. The first-order valence-corrected chi connectivity index (χ1v) is 9.25. The fourth-order valence-electron chi connectivity index (χ4n) is 3.31. The van der Waals surface area contributed by atoms with Crippen LogP contribution in [0.4, 0.5) is 0 Å². The lowest BCUT2D eigenvalue weighted by Gasteiger charge is -2.28. The molecule has 1 heterocycles. The van der Waals surface area contributed by atoms with Crippen molar-refractivity contribution in [1.29, 1.82) is 0 Å². The first-order chi connectivity index (χ1) is 8.89. The number of hydrogen-bond acceptors (Lipinski definition) is 3. The summed E-state index contributed by atoms with van der Waals surface area (Å²) >= 11 is 0. The molecule has 5 heteroatoms. The fraction of sp³-hybridized carbons (Fsp3) is 1.00. The molecule has 1 atom stereocenters. The molecule has 0 aromatic rings. The maximum absolute atomic E-state index is 12.2. The second-order valence-electron chi connectivity index (χ2n) is 6.85. The molecule has 112 valence electrons. The van der Waals surface area contributed by atoms with Crippen molar-refractivity contribution in [3.05, 3.63) is 0 Å². The molecule has 2 N–H and O–H groups in total. The Bertz CT molecular complexity index is 386. The molecule has 2 rings (SSSR count). The van der Waals surface area contributed by atoms with Crippen LogP contribution in [0.5, 0.6) is 0 Å². The van der Waals surface area contributed by atoms with E-state index in [4.69, 9.17) is 0 Å². The van der Waals surface area contributed by atoms with Gasteiger partial charge in [0.2, 0.25) is 10.0 Å². The van der Waals surface area contributed by atoms with Gasteiger partial charge in [-0.1, -0.05) is 20.3 Å². The van der Waals surface area contributed by atoms with Crippen molar-refractivity contribution in [2.75, 3.05) is 18.8 Å². The molecular weight excluding hydrogens is 260 g/mol. The maximum atomic E-state index is 12.2. The summed E-state index contributed by atoms with van der Waals surface area (Å²) in [6, 6.07) is 0.130. The zero-order valence-electron chi connectivity index (χ0n) is 12.2. The Balaban J connectivity index is 1.81. The molecule has 0 spiro atoms. The Hall–Kier alpha value is -0.130. The van der Waals surface area contributed by atoms with E-state index in [0.717, 1.165) is 51.6 Å². The van der Waals surface area contributed by atoms with E-state index in [1.54, 1.807) is 0 Å². The molecule has 1 aliphatic heterocycles. The van der Waals surface area contributed by atoms with Crippen LogP contribution < -0.4 is 10.0 Å². The minimum Gasteiger partial charge on any atom is -0.317 e. The molecule has 0 aromatic carbocycles. The summed E-state index contributed by atoms with van der Waals surface area (Å²) in [7, 11) is -3.11. The zero-order valence-corrected chi connectivity index (χ0v) is 13.1. The maximum Gasteiger partial charge on any atom is 0.211 e. The second kappa shape index (κ2) is 6.10. The van der Waals surface area contributed by atoms with E-state index in [9.17, 15) is 8.42 Å². The highest BCUT2D eigenvalue weighted by Gasteiger charge is 2.36. The van der Waals surface area contributed by atoms with E-state index in [1.165, 1.54) is 0 Å². The van der Waals surface area contributed by atoms with Crippen LogP contribution in [-0.2, 0) is 10.0 Å². The molecule has 0 bridgehead atoms. The summed E-state index contributed by atoms with van der Waals surface area (Å²) in [5.41, 5.74) is 0.113. The number of piperidine rings is 1. The van der Waals surface area contributed by atoms with Crippen molar-refractivity contribution in [1.82, 2.24) is 10.0 Å². The minimum atomic E-state index is -3.11. The number of sulfonamides is 1. The van der Waals surface area contributed by atoms with Crippen LogP contribution in [0.25, 0.3) is 0 Å². The smallest absolute Gasteiger partial charge is 0.211 e. The summed E-state index contributed by atoms with van der Waals surface area (Å²) in [6.45, 7) is 6.40. The molecular formula is C14H28N2O2S. The summed E-state index contributed by atoms with van der Waals surface area (Å²) in [5.74, 6) is 0.874. The van der Waals surface area contributed by atoms with Crippen molar-refractivity contribution in [2.45, 2.75) is 58.4 Å². The van der Waals surface area contributed by atoms with Crippen molar-refractivity contribution in [3.63, 3.8) is 0 Å². The van der Waals surface area contributed by atoms with Gasteiger partial charge in [0.15, 0.2) is 0 Å². The average molecular weight is 288 g/mol. The number of nitrogens with one attached hydrogen (secondary N) is 2. The lowest BCUT2D eigenvalue weighted by atomic mass is 9.88. The fourth-order valence-corrected chi connectivity index (χ4v) is 4.94. The first kappa shape index (κ1) is 15.3. The van der Waals surface area contributed by atoms with Gasteiger partial charge in [-0.2, -0.15) is 0 Å². The third kappa shape index (κ3) is 4.43. The molecule has 19 heavy (non-hydrogen) atoms. The first-order valence-electron chi connectivity index (χ1n) is 7.60. The topological polar surface area (TPSA) is 58.2 Å². The molecule has 2 fully saturated rings. The van der Waals surface area contributed by atoms with Crippen molar-refractivity contribution in [2.24, 2.45) is 11.3 Å². The summed E-state index contributed by atoms with van der Waals surface area (Å²) in [5, 5.41) is 3.32. The van der Waals surface area contributed by atoms with Crippen LogP contribution >= 0.6 is 0 Å². The van der Waals surface area contributed by atoms with Crippen LogP contribution in [0.1, 0.15) is 52.4 Å². The van der Waals surface area contributed by atoms with Gasteiger partial charge in [0, 0.05) is 6.04 Å². The summed E-state index contributed by atoms with van der Waals surface area (Å²) in [6.07, 6.45) is 6.28. The molecule has 4 nitrogen and oxygen atoms in total. The van der Waals surface area contributed by atoms with Crippen LogP contribution in [0.15, 0.2) is 0 Å². The highest BCUT2D eigenvalue weighted by molar-refractivity contribution is 7.89. The Morgan fingerprint density at radius 3 is 2.47 bits per heavy atom. The Labute approximate surface area is 117 Å². The largest absolute Gasteiger partial charge is 0.317 e. The third-order valence-corrected chi connectivity index (χ3v) is 6.25. The van der Waals surface area contributed by atoms with E-state index in [-0.39, 0.29) is 11.5 Å². The van der Waals surface area contributed by atoms with Crippen molar-refractivity contribution >= 4 is 10.0 Å². The molecule has 0 aromatic heterocycles. The quantitative estimate of drug-likeness (QED) is 0.812. The lowest BCUT2D eigenvalue weighted by Crippen LogP contribution is -2.42. The van der Waals surface area contributed by atoms with Crippen molar-refractivity contribution < 1.29 is 8.42 Å². The summed E-state index contributed by atoms with van der Waals surface area (Å²) in [4.78, 5) is 0. The molecule has 2 aliphatic rings. The van der Waals surface area contributed by atoms with Gasteiger partial charge in [0.05, 0.1) is 5.75 Å². The Morgan fingerprint density at radius 2 is 1.89 bits per heavy atom. The van der Waals surface area contributed by atoms with Gasteiger partial charge in [-0.25, -0.2) is 13.1 Å². The van der Waals surface area contributed by atoms with Crippen molar-refractivity contribution in [3.8, 4) is 0 Å². The molecule has 1 saturated heterocycles.